The number of anilines is 1. The van der Waals surface area contributed by atoms with Crippen LogP contribution in [0.5, 0.6) is 17.2 Å². The van der Waals surface area contributed by atoms with Gasteiger partial charge in [0.25, 0.3) is 5.91 Å². The Kier molecular flexibility index (Phi) is 4.56. The van der Waals surface area contributed by atoms with Gasteiger partial charge < -0.3 is 19.9 Å². The zero-order chi connectivity index (χ0) is 17.4. The first kappa shape index (κ1) is 16.9. The largest absolute Gasteiger partial charge is 0.506 e. The molecule has 5 nitrogen and oxygen atoms in total. The lowest BCUT2D eigenvalue weighted by atomic mass is 10.0. The number of methoxy groups -OCH3 is 2. The average Bonchev–Trinajstić information content (AvgIpc) is 2.85. The molecule has 0 spiro atoms. The Hall–Kier alpha value is -1.99. The molecule has 0 aromatic heterocycles. The molecule has 7 heteroatoms. The molecule has 0 saturated heterocycles. The van der Waals surface area contributed by atoms with Crippen molar-refractivity contribution >= 4 is 55.1 Å². The molecule has 1 heterocycles. The lowest BCUT2D eigenvalue weighted by molar-refractivity contribution is -0.110. The second-order valence-corrected chi connectivity index (χ2v) is 6.86. The van der Waals surface area contributed by atoms with Gasteiger partial charge in [0.1, 0.15) is 5.75 Å². The fourth-order valence-corrected chi connectivity index (χ4v) is 3.77. The predicted molar refractivity (Wildman–Crippen MR) is 99.6 cm³/mol. The van der Waals surface area contributed by atoms with Crippen molar-refractivity contribution in [3.05, 3.63) is 44.3 Å². The third kappa shape index (κ3) is 2.89. The number of amides is 1. The number of rotatable bonds is 3. The zero-order valence-corrected chi connectivity index (χ0v) is 16.0. The molecule has 2 aromatic rings. The van der Waals surface area contributed by atoms with Crippen LogP contribution in [0.15, 0.2) is 33.2 Å². The Bertz CT molecular complexity index is 877. The van der Waals surface area contributed by atoms with Crippen molar-refractivity contribution < 1.29 is 19.4 Å². The number of fused-ring (bicyclic) bond motifs is 1. The van der Waals surface area contributed by atoms with Gasteiger partial charge in [0.2, 0.25) is 0 Å². The number of nitrogens with one attached hydrogen (secondary N) is 1. The SMILES string of the molecule is COc1cc2c(cc1OC)C(=Cc1cc(Br)cc(Br)c1O)C(=O)N2. The smallest absolute Gasteiger partial charge is 0.256 e. The predicted octanol–water partition coefficient (Wildman–Crippen LogP) is 4.43. The molecule has 2 N–H and O–H groups in total. The standard InChI is InChI=1S/C17H13Br2NO4/c1-23-14-6-10-11(17(22)20-13(10)7-15(14)24-2)4-8-3-9(18)5-12(19)16(8)21/h3-7,21H,1-2H3,(H,20,22). The average molecular weight is 455 g/mol. The highest BCUT2D eigenvalue weighted by molar-refractivity contribution is 9.11. The highest BCUT2D eigenvalue weighted by Gasteiger charge is 2.27. The van der Waals surface area contributed by atoms with Gasteiger partial charge in [-0.25, -0.2) is 0 Å². The molecule has 0 fully saturated rings. The molecule has 2 aromatic carbocycles. The minimum atomic E-state index is -0.254. The van der Waals surface area contributed by atoms with Crippen LogP contribution in [0, 0.1) is 0 Å². The summed E-state index contributed by atoms with van der Waals surface area (Å²) in [4.78, 5) is 12.3. The summed E-state index contributed by atoms with van der Waals surface area (Å²) in [7, 11) is 3.07. The molecule has 3 rings (SSSR count). The van der Waals surface area contributed by atoms with E-state index in [9.17, 15) is 9.90 Å². The second-order valence-electron chi connectivity index (χ2n) is 5.09. The zero-order valence-electron chi connectivity index (χ0n) is 12.8. The van der Waals surface area contributed by atoms with E-state index in [-0.39, 0.29) is 11.7 Å². The first-order valence-corrected chi connectivity index (χ1v) is 8.50. The summed E-state index contributed by atoms with van der Waals surface area (Å²) in [5.41, 5.74) is 2.28. The Balaban J connectivity index is 2.17. The summed E-state index contributed by atoms with van der Waals surface area (Å²) in [6, 6.07) is 6.92. The molecular formula is C17H13Br2NO4. The molecule has 0 radical (unpaired) electrons. The monoisotopic (exact) mass is 453 g/mol. The van der Waals surface area contributed by atoms with Crippen molar-refractivity contribution in [3.8, 4) is 17.2 Å². The Morgan fingerprint density at radius 3 is 2.42 bits per heavy atom. The molecule has 0 saturated carbocycles. The normalized spacial score (nSPS) is 14.5. The van der Waals surface area contributed by atoms with E-state index >= 15 is 0 Å². The molecule has 1 amide bonds. The summed E-state index contributed by atoms with van der Waals surface area (Å²) in [6.45, 7) is 0. The highest BCUT2D eigenvalue weighted by Crippen LogP contribution is 2.42. The number of ether oxygens (including phenoxy) is 2. The van der Waals surface area contributed by atoms with Crippen LogP contribution in [-0.4, -0.2) is 25.2 Å². The van der Waals surface area contributed by atoms with Crippen LogP contribution in [0.3, 0.4) is 0 Å². The Morgan fingerprint density at radius 2 is 1.75 bits per heavy atom. The number of hydrogen-bond donors (Lipinski definition) is 2. The van der Waals surface area contributed by atoms with Crippen LogP contribution < -0.4 is 14.8 Å². The third-order valence-corrected chi connectivity index (χ3v) is 4.73. The van der Waals surface area contributed by atoms with Gasteiger partial charge in [0, 0.05) is 27.2 Å². The number of phenolic OH excluding ortho intramolecular Hbond substituents is 1. The fraction of sp³-hybridized carbons (Fsp3) is 0.118. The molecule has 1 aliphatic rings. The first-order chi connectivity index (χ1) is 11.4. The maximum Gasteiger partial charge on any atom is 0.256 e. The minimum Gasteiger partial charge on any atom is -0.506 e. The van der Waals surface area contributed by atoms with E-state index in [1.807, 2.05) is 0 Å². The number of benzene rings is 2. The van der Waals surface area contributed by atoms with E-state index in [1.54, 1.807) is 30.3 Å². The van der Waals surface area contributed by atoms with Crippen molar-refractivity contribution in [3.63, 3.8) is 0 Å². The van der Waals surface area contributed by atoms with Crippen molar-refractivity contribution in [2.75, 3.05) is 19.5 Å². The summed E-state index contributed by atoms with van der Waals surface area (Å²) in [5, 5.41) is 13.0. The van der Waals surface area contributed by atoms with Crippen LogP contribution in [0.2, 0.25) is 0 Å². The molecule has 0 bridgehead atoms. The van der Waals surface area contributed by atoms with Gasteiger partial charge in [-0.15, -0.1) is 0 Å². The summed E-state index contributed by atoms with van der Waals surface area (Å²) < 4.78 is 11.9. The maximum atomic E-state index is 12.3. The molecule has 0 atom stereocenters. The van der Waals surface area contributed by atoms with Crippen molar-refractivity contribution in [2.24, 2.45) is 0 Å². The maximum absolute atomic E-state index is 12.3. The van der Waals surface area contributed by atoms with E-state index in [1.165, 1.54) is 14.2 Å². The lowest BCUT2D eigenvalue weighted by Crippen LogP contribution is -2.03. The Labute approximate surface area is 155 Å². The van der Waals surface area contributed by atoms with Crippen molar-refractivity contribution in [1.29, 1.82) is 0 Å². The van der Waals surface area contributed by atoms with Crippen molar-refractivity contribution in [2.45, 2.75) is 0 Å². The summed E-state index contributed by atoms with van der Waals surface area (Å²) in [6.07, 6.45) is 1.64. The summed E-state index contributed by atoms with van der Waals surface area (Å²) >= 11 is 6.67. The summed E-state index contributed by atoms with van der Waals surface area (Å²) in [5.74, 6) is 0.868. The third-order valence-electron chi connectivity index (χ3n) is 3.66. The van der Waals surface area contributed by atoms with Crippen LogP contribution >= 0.6 is 31.9 Å². The minimum absolute atomic E-state index is 0.0624. The van der Waals surface area contributed by atoms with E-state index in [2.05, 4.69) is 37.2 Å². The van der Waals surface area contributed by atoms with E-state index in [0.717, 1.165) is 4.47 Å². The molecule has 0 unspecified atom stereocenters. The van der Waals surface area contributed by atoms with E-state index in [0.29, 0.717) is 38.4 Å². The van der Waals surface area contributed by atoms with Gasteiger partial charge in [-0.2, -0.15) is 0 Å². The lowest BCUT2D eigenvalue weighted by Gasteiger charge is -2.10. The van der Waals surface area contributed by atoms with Gasteiger partial charge in [0.15, 0.2) is 11.5 Å². The number of carbonyl (C=O) groups is 1. The number of phenols is 1. The Morgan fingerprint density at radius 1 is 1.08 bits per heavy atom. The topological polar surface area (TPSA) is 67.8 Å². The van der Waals surface area contributed by atoms with Gasteiger partial charge in [0.05, 0.1) is 24.4 Å². The van der Waals surface area contributed by atoms with Gasteiger partial charge in [-0.1, -0.05) is 15.9 Å². The number of aromatic hydroxyl groups is 1. The van der Waals surface area contributed by atoms with E-state index in [4.69, 9.17) is 9.47 Å². The molecule has 24 heavy (non-hydrogen) atoms. The van der Waals surface area contributed by atoms with Crippen LogP contribution in [0.25, 0.3) is 11.6 Å². The quantitative estimate of drug-likeness (QED) is 0.673. The van der Waals surface area contributed by atoms with Crippen LogP contribution in [0.1, 0.15) is 11.1 Å². The first-order valence-electron chi connectivity index (χ1n) is 6.92. The highest BCUT2D eigenvalue weighted by atomic mass is 79.9. The van der Waals surface area contributed by atoms with Gasteiger partial charge in [-0.3, -0.25) is 4.79 Å². The molecular weight excluding hydrogens is 442 g/mol. The number of halogens is 2. The number of hydrogen-bond acceptors (Lipinski definition) is 4. The van der Waals surface area contributed by atoms with Crippen molar-refractivity contribution in [1.82, 2.24) is 0 Å². The van der Waals surface area contributed by atoms with Gasteiger partial charge in [-0.05, 0) is 40.2 Å². The number of carbonyl (C=O) groups excluding carboxylic acids is 1. The van der Waals surface area contributed by atoms with Crippen LogP contribution in [-0.2, 0) is 4.79 Å². The molecule has 124 valence electrons. The molecule has 1 aliphatic heterocycles. The van der Waals surface area contributed by atoms with Crippen LogP contribution in [0.4, 0.5) is 5.69 Å². The second kappa shape index (κ2) is 6.49. The fourth-order valence-electron chi connectivity index (χ4n) is 2.51. The van der Waals surface area contributed by atoms with E-state index < -0.39 is 0 Å². The molecule has 0 aliphatic carbocycles. The van der Waals surface area contributed by atoms with Gasteiger partial charge >= 0.3 is 0 Å².